The molecule has 0 atom stereocenters. The van der Waals surface area contributed by atoms with E-state index in [1.165, 1.54) is 64.7 Å². The molecular formula is C27H38O4. The maximum atomic E-state index is 10.9. The molecule has 2 rings (SSSR count). The largest absolute Gasteiger partial charge is 0.494 e. The van der Waals surface area contributed by atoms with Crippen molar-refractivity contribution in [3.63, 3.8) is 0 Å². The molecule has 0 aromatic heterocycles. The van der Waals surface area contributed by atoms with E-state index in [2.05, 4.69) is 6.92 Å². The van der Waals surface area contributed by atoms with Gasteiger partial charge >= 0.3 is 5.97 Å². The number of esters is 1. The number of unbranched alkanes of at least 4 members (excludes halogenated alkanes) is 9. The molecule has 0 aliphatic heterocycles. The number of carbonyl (C=O) groups excluding carboxylic acids is 1. The zero-order valence-electron chi connectivity index (χ0n) is 19.2. The first-order chi connectivity index (χ1) is 15.2. The van der Waals surface area contributed by atoms with E-state index in [-0.39, 0.29) is 5.97 Å². The molecule has 0 saturated carbocycles. The third kappa shape index (κ3) is 11.5. The van der Waals surface area contributed by atoms with Crippen molar-refractivity contribution in [2.45, 2.75) is 84.7 Å². The van der Waals surface area contributed by atoms with E-state index in [9.17, 15) is 4.79 Å². The lowest BCUT2D eigenvalue weighted by Crippen LogP contribution is -2.01. The van der Waals surface area contributed by atoms with E-state index in [1.54, 1.807) is 24.3 Å². The minimum Gasteiger partial charge on any atom is -0.494 e. The minimum absolute atomic E-state index is 0.329. The summed E-state index contributed by atoms with van der Waals surface area (Å²) < 4.78 is 16.7. The second-order valence-corrected chi connectivity index (χ2v) is 8.03. The lowest BCUT2D eigenvalue weighted by Gasteiger charge is -2.09. The Balaban J connectivity index is 1.54. The fourth-order valence-corrected chi connectivity index (χ4v) is 3.40. The number of hydrogen-bond donors (Lipinski definition) is 0. The molecule has 2 aromatic carbocycles. The number of hydrogen-bond acceptors (Lipinski definition) is 4. The molecule has 170 valence electrons. The van der Waals surface area contributed by atoms with E-state index in [0.717, 1.165) is 30.1 Å². The Morgan fingerprint density at radius 3 is 1.71 bits per heavy atom. The molecule has 0 fully saturated rings. The zero-order chi connectivity index (χ0) is 22.2. The third-order valence-electron chi connectivity index (χ3n) is 5.18. The van der Waals surface area contributed by atoms with Gasteiger partial charge in [-0.1, -0.05) is 76.8 Å². The van der Waals surface area contributed by atoms with Gasteiger partial charge in [0, 0.05) is 6.92 Å². The van der Waals surface area contributed by atoms with Crippen LogP contribution in [-0.4, -0.2) is 12.6 Å². The lowest BCUT2D eigenvalue weighted by atomic mass is 10.1. The van der Waals surface area contributed by atoms with Gasteiger partial charge in [0.15, 0.2) is 0 Å². The first-order valence-corrected chi connectivity index (χ1v) is 11.8. The van der Waals surface area contributed by atoms with Gasteiger partial charge in [-0.15, -0.1) is 0 Å². The van der Waals surface area contributed by atoms with Crippen molar-refractivity contribution < 1.29 is 19.0 Å². The quantitative estimate of drug-likeness (QED) is 0.158. The minimum atomic E-state index is -0.329. The summed E-state index contributed by atoms with van der Waals surface area (Å²) in [4.78, 5) is 10.9. The predicted octanol–water partition coefficient (Wildman–Crippen LogP) is 7.49. The summed E-state index contributed by atoms with van der Waals surface area (Å²) in [6.07, 6.45) is 13.3. The Hall–Kier alpha value is -2.49. The number of benzene rings is 2. The molecule has 0 unspecified atom stereocenters. The summed E-state index contributed by atoms with van der Waals surface area (Å²) in [6, 6.07) is 15.1. The van der Waals surface area contributed by atoms with Gasteiger partial charge in [-0.3, -0.25) is 4.79 Å². The molecule has 0 aliphatic rings. The fraction of sp³-hybridized carbons (Fsp3) is 0.519. The predicted molar refractivity (Wildman–Crippen MR) is 126 cm³/mol. The van der Waals surface area contributed by atoms with Crippen LogP contribution >= 0.6 is 0 Å². The van der Waals surface area contributed by atoms with Crippen LogP contribution in [0.15, 0.2) is 48.5 Å². The molecule has 4 nitrogen and oxygen atoms in total. The first-order valence-electron chi connectivity index (χ1n) is 11.8. The number of carbonyl (C=O) groups is 1. The molecule has 0 N–H and O–H groups in total. The molecule has 4 heteroatoms. The summed E-state index contributed by atoms with van der Waals surface area (Å²) >= 11 is 0. The zero-order valence-corrected chi connectivity index (χ0v) is 19.2. The second kappa shape index (κ2) is 15.3. The van der Waals surface area contributed by atoms with Crippen LogP contribution in [0.2, 0.25) is 0 Å². The topological polar surface area (TPSA) is 44.8 Å². The Labute approximate surface area is 187 Å². The van der Waals surface area contributed by atoms with Gasteiger partial charge in [0.2, 0.25) is 0 Å². The van der Waals surface area contributed by atoms with Crippen molar-refractivity contribution in [1.29, 1.82) is 0 Å². The Kier molecular flexibility index (Phi) is 12.3. The molecular weight excluding hydrogens is 388 g/mol. The van der Waals surface area contributed by atoms with Crippen LogP contribution in [0.5, 0.6) is 17.2 Å². The van der Waals surface area contributed by atoms with Gasteiger partial charge in [-0.2, -0.15) is 0 Å². The Morgan fingerprint density at radius 1 is 0.645 bits per heavy atom. The molecule has 0 aliphatic carbocycles. The standard InChI is InChI=1S/C27H38O4/c1-3-4-5-6-7-8-9-10-11-12-21-29-25-15-13-24(14-16-25)22-30-26-17-19-27(20-18-26)31-23(2)28/h13-20H,3-12,21-22H2,1-2H3. The lowest BCUT2D eigenvalue weighted by molar-refractivity contribution is -0.131. The molecule has 0 heterocycles. The summed E-state index contributed by atoms with van der Waals surface area (Å²) in [5.41, 5.74) is 1.08. The van der Waals surface area contributed by atoms with E-state index in [1.807, 2.05) is 24.3 Å². The molecule has 0 bridgehead atoms. The van der Waals surface area contributed by atoms with Gasteiger partial charge in [-0.05, 0) is 48.4 Å². The highest BCUT2D eigenvalue weighted by Gasteiger charge is 2.01. The molecule has 0 spiro atoms. The van der Waals surface area contributed by atoms with E-state index in [0.29, 0.717) is 12.4 Å². The molecule has 0 saturated heterocycles. The Morgan fingerprint density at radius 2 is 1.13 bits per heavy atom. The molecule has 0 amide bonds. The van der Waals surface area contributed by atoms with Crippen LogP contribution in [0.1, 0.15) is 83.6 Å². The van der Waals surface area contributed by atoms with Crippen LogP contribution in [0.25, 0.3) is 0 Å². The van der Waals surface area contributed by atoms with Gasteiger partial charge in [0.05, 0.1) is 6.61 Å². The highest BCUT2D eigenvalue weighted by atomic mass is 16.5. The highest BCUT2D eigenvalue weighted by Crippen LogP contribution is 2.20. The van der Waals surface area contributed by atoms with Gasteiger partial charge < -0.3 is 14.2 Å². The first kappa shape index (κ1) is 24.8. The van der Waals surface area contributed by atoms with Gasteiger partial charge in [-0.25, -0.2) is 0 Å². The van der Waals surface area contributed by atoms with Crippen molar-refractivity contribution in [2.24, 2.45) is 0 Å². The van der Waals surface area contributed by atoms with Crippen LogP contribution in [-0.2, 0) is 11.4 Å². The van der Waals surface area contributed by atoms with E-state index >= 15 is 0 Å². The monoisotopic (exact) mass is 426 g/mol. The van der Waals surface area contributed by atoms with Crippen LogP contribution in [0, 0.1) is 0 Å². The number of rotatable bonds is 16. The maximum absolute atomic E-state index is 10.9. The summed E-state index contributed by atoms with van der Waals surface area (Å²) in [7, 11) is 0. The normalized spacial score (nSPS) is 10.6. The smallest absolute Gasteiger partial charge is 0.308 e. The Bertz CT molecular complexity index is 722. The average Bonchev–Trinajstić information content (AvgIpc) is 2.77. The molecule has 2 aromatic rings. The van der Waals surface area contributed by atoms with Gasteiger partial charge in [0.25, 0.3) is 0 Å². The molecule has 0 radical (unpaired) electrons. The third-order valence-corrected chi connectivity index (χ3v) is 5.18. The summed E-state index contributed by atoms with van der Waals surface area (Å²) in [5, 5.41) is 0. The maximum Gasteiger partial charge on any atom is 0.308 e. The summed E-state index contributed by atoms with van der Waals surface area (Å²) in [5.74, 6) is 1.83. The molecule has 31 heavy (non-hydrogen) atoms. The van der Waals surface area contributed by atoms with E-state index in [4.69, 9.17) is 14.2 Å². The van der Waals surface area contributed by atoms with Crippen molar-refractivity contribution in [1.82, 2.24) is 0 Å². The number of ether oxygens (including phenoxy) is 3. The van der Waals surface area contributed by atoms with Crippen molar-refractivity contribution in [3.8, 4) is 17.2 Å². The highest BCUT2D eigenvalue weighted by molar-refractivity contribution is 5.69. The van der Waals surface area contributed by atoms with Crippen molar-refractivity contribution >= 4 is 5.97 Å². The fourth-order valence-electron chi connectivity index (χ4n) is 3.40. The van der Waals surface area contributed by atoms with Crippen molar-refractivity contribution in [2.75, 3.05) is 6.61 Å². The summed E-state index contributed by atoms with van der Waals surface area (Å²) in [6.45, 7) is 4.91. The van der Waals surface area contributed by atoms with Crippen LogP contribution < -0.4 is 14.2 Å². The SMILES string of the molecule is CCCCCCCCCCCCOc1ccc(COc2ccc(OC(C)=O)cc2)cc1. The van der Waals surface area contributed by atoms with Crippen molar-refractivity contribution in [3.05, 3.63) is 54.1 Å². The van der Waals surface area contributed by atoms with Crippen LogP contribution in [0.4, 0.5) is 0 Å². The van der Waals surface area contributed by atoms with Gasteiger partial charge in [0.1, 0.15) is 23.9 Å². The second-order valence-electron chi connectivity index (χ2n) is 8.03. The van der Waals surface area contributed by atoms with Crippen LogP contribution in [0.3, 0.4) is 0 Å². The average molecular weight is 427 g/mol. The van der Waals surface area contributed by atoms with E-state index < -0.39 is 0 Å².